The predicted octanol–water partition coefficient (Wildman–Crippen LogP) is 1.77. The van der Waals surface area contributed by atoms with Crippen molar-refractivity contribution in [2.24, 2.45) is 0 Å². The third-order valence-corrected chi connectivity index (χ3v) is 2.88. The second-order valence-electron chi connectivity index (χ2n) is 3.93. The summed E-state index contributed by atoms with van der Waals surface area (Å²) in [5.41, 5.74) is 2.53. The number of carboxylic acid groups (broad SMARTS) is 1. The van der Waals surface area contributed by atoms with Gasteiger partial charge >= 0.3 is 5.97 Å². The first-order valence-electron chi connectivity index (χ1n) is 5.21. The van der Waals surface area contributed by atoms with Gasteiger partial charge in [0.25, 0.3) is 0 Å². The second-order valence-corrected chi connectivity index (χ2v) is 3.93. The molecule has 0 aliphatic carbocycles. The fraction of sp³-hybridized carbons (Fsp3) is 0.167. The van der Waals surface area contributed by atoms with Gasteiger partial charge in [0.15, 0.2) is 5.69 Å². The minimum atomic E-state index is -1.03. The Balaban J connectivity index is 2.27. The number of carbonyl (C=O) groups is 1. The molecule has 5 heteroatoms. The van der Waals surface area contributed by atoms with E-state index in [2.05, 4.69) is 4.98 Å². The molecule has 1 aliphatic heterocycles. The summed E-state index contributed by atoms with van der Waals surface area (Å²) in [4.78, 5) is 14.9. The van der Waals surface area contributed by atoms with Crippen molar-refractivity contribution < 1.29 is 14.6 Å². The summed E-state index contributed by atoms with van der Waals surface area (Å²) < 4.78 is 7.35. The lowest BCUT2D eigenvalue weighted by Gasteiger charge is -2.21. The van der Waals surface area contributed by atoms with Crippen LogP contribution in [-0.4, -0.2) is 20.6 Å². The van der Waals surface area contributed by atoms with Crippen LogP contribution in [0.4, 0.5) is 0 Å². The Bertz CT molecular complexity index is 616. The summed E-state index contributed by atoms with van der Waals surface area (Å²) in [5.74, 6) is -0.272. The first-order valence-corrected chi connectivity index (χ1v) is 5.21. The van der Waals surface area contributed by atoms with Gasteiger partial charge in [0, 0.05) is 0 Å². The van der Waals surface area contributed by atoms with E-state index < -0.39 is 5.97 Å². The number of para-hydroxylation sites is 1. The highest BCUT2D eigenvalue weighted by atomic mass is 16.5. The zero-order chi connectivity index (χ0) is 12.0. The van der Waals surface area contributed by atoms with Crippen LogP contribution in [0.15, 0.2) is 24.5 Å². The first-order chi connectivity index (χ1) is 8.18. The Morgan fingerprint density at radius 3 is 3.12 bits per heavy atom. The number of aromatic carboxylic acids is 1. The topological polar surface area (TPSA) is 64.4 Å². The molecule has 86 valence electrons. The van der Waals surface area contributed by atoms with Gasteiger partial charge < -0.3 is 9.84 Å². The molecule has 0 bridgehead atoms. The number of aromatic nitrogens is 2. The highest BCUT2D eigenvalue weighted by Crippen LogP contribution is 2.33. The summed E-state index contributed by atoms with van der Waals surface area (Å²) in [6.07, 6.45) is 1.53. The van der Waals surface area contributed by atoms with Crippen molar-refractivity contribution in [1.82, 2.24) is 9.55 Å². The lowest BCUT2D eigenvalue weighted by Crippen LogP contribution is -2.15. The SMILES string of the molecule is Cc1cccc2c1-n1cnc(C(=O)O)c1CO2. The molecule has 1 N–H and O–H groups in total. The summed E-state index contributed by atoms with van der Waals surface area (Å²) in [6, 6.07) is 5.73. The van der Waals surface area contributed by atoms with Crippen molar-refractivity contribution in [3.63, 3.8) is 0 Å². The Kier molecular flexibility index (Phi) is 1.95. The Morgan fingerprint density at radius 1 is 1.53 bits per heavy atom. The van der Waals surface area contributed by atoms with Crippen molar-refractivity contribution >= 4 is 5.97 Å². The van der Waals surface area contributed by atoms with E-state index in [9.17, 15) is 4.79 Å². The molecular formula is C12H10N2O3. The molecule has 5 nitrogen and oxygen atoms in total. The van der Waals surface area contributed by atoms with Crippen molar-refractivity contribution in [3.05, 3.63) is 41.5 Å². The van der Waals surface area contributed by atoms with E-state index in [-0.39, 0.29) is 12.3 Å². The molecule has 1 aliphatic rings. The summed E-state index contributed by atoms with van der Waals surface area (Å²) >= 11 is 0. The zero-order valence-electron chi connectivity index (χ0n) is 9.17. The molecule has 0 fully saturated rings. The molecule has 0 spiro atoms. The molecule has 2 heterocycles. The van der Waals surface area contributed by atoms with Crippen molar-refractivity contribution in [1.29, 1.82) is 0 Å². The van der Waals surface area contributed by atoms with E-state index >= 15 is 0 Å². The number of imidazole rings is 1. The maximum Gasteiger partial charge on any atom is 0.356 e. The molecule has 0 unspecified atom stereocenters. The van der Waals surface area contributed by atoms with Crippen LogP contribution in [0.1, 0.15) is 21.7 Å². The van der Waals surface area contributed by atoms with Crippen LogP contribution >= 0.6 is 0 Å². The third kappa shape index (κ3) is 1.32. The first kappa shape index (κ1) is 9.89. The number of aryl methyl sites for hydroxylation is 1. The molecule has 0 amide bonds. The fourth-order valence-electron chi connectivity index (χ4n) is 2.09. The molecule has 0 atom stereocenters. The Hall–Kier alpha value is -2.30. The normalized spacial score (nSPS) is 12.5. The average molecular weight is 230 g/mol. The van der Waals surface area contributed by atoms with Crippen LogP contribution in [-0.2, 0) is 6.61 Å². The van der Waals surface area contributed by atoms with Gasteiger partial charge in [-0.2, -0.15) is 0 Å². The maximum atomic E-state index is 11.0. The number of nitrogens with zero attached hydrogens (tertiary/aromatic N) is 2. The van der Waals surface area contributed by atoms with E-state index in [1.807, 2.05) is 25.1 Å². The second kappa shape index (κ2) is 3.35. The quantitative estimate of drug-likeness (QED) is 0.810. The van der Waals surface area contributed by atoms with E-state index in [1.54, 1.807) is 4.57 Å². The largest absolute Gasteiger partial charge is 0.485 e. The molecule has 0 saturated heterocycles. The summed E-state index contributed by atoms with van der Waals surface area (Å²) in [7, 11) is 0. The summed E-state index contributed by atoms with van der Waals surface area (Å²) in [6.45, 7) is 2.19. The monoisotopic (exact) mass is 230 g/mol. The maximum absolute atomic E-state index is 11.0. The molecule has 0 radical (unpaired) electrons. The third-order valence-electron chi connectivity index (χ3n) is 2.88. The molecule has 17 heavy (non-hydrogen) atoms. The molecule has 3 rings (SSSR count). The number of fused-ring (bicyclic) bond motifs is 3. The van der Waals surface area contributed by atoms with Crippen LogP contribution in [0.2, 0.25) is 0 Å². The van der Waals surface area contributed by atoms with Crippen molar-refractivity contribution in [2.75, 3.05) is 0 Å². The van der Waals surface area contributed by atoms with Crippen LogP contribution in [0.5, 0.6) is 5.75 Å². The highest BCUT2D eigenvalue weighted by molar-refractivity contribution is 5.87. The standard InChI is InChI=1S/C12H10N2O3/c1-7-3-2-4-9-11(7)14-6-13-10(12(15)16)8(14)5-17-9/h2-4,6H,5H2,1H3,(H,15,16). The van der Waals surface area contributed by atoms with Crippen LogP contribution in [0.3, 0.4) is 0 Å². The van der Waals surface area contributed by atoms with Gasteiger partial charge in [-0.05, 0) is 18.6 Å². The van der Waals surface area contributed by atoms with Gasteiger partial charge in [0.2, 0.25) is 0 Å². The Labute approximate surface area is 97.3 Å². The number of carboxylic acids is 1. The molecule has 1 aromatic heterocycles. The average Bonchev–Trinajstić information content (AvgIpc) is 2.72. The number of hydrogen-bond donors (Lipinski definition) is 1. The lowest BCUT2D eigenvalue weighted by atomic mass is 10.1. The minimum absolute atomic E-state index is 0.0545. The van der Waals surface area contributed by atoms with Gasteiger partial charge in [-0.25, -0.2) is 9.78 Å². The van der Waals surface area contributed by atoms with Gasteiger partial charge in [0.1, 0.15) is 18.7 Å². The lowest BCUT2D eigenvalue weighted by molar-refractivity contribution is 0.0687. The van der Waals surface area contributed by atoms with Gasteiger partial charge in [-0.15, -0.1) is 0 Å². The molecule has 1 aromatic carbocycles. The predicted molar refractivity (Wildman–Crippen MR) is 59.6 cm³/mol. The van der Waals surface area contributed by atoms with E-state index in [1.165, 1.54) is 6.33 Å². The van der Waals surface area contributed by atoms with Crippen LogP contribution in [0.25, 0.3) is 5.69 Å². The summed E-state index contributed by atoms with van der Waals surface area (Å²) in [5, 5.41) is 9.02. The highest BCUT2D eigenvalue weighted by Gasteiger charge is 2.24. The Morgan fingerprint density at radius 2 is 2.35 bits per heavy atom. The van der Waals surface area contributed by atoms with Gasteiger partial charge in [-0.1, -0.05) is 12.1 Å². The number of ether oxygens (including phenoxy) is 1. The fourth-order valence-corrected chi connectivity index (χ4v) is 2.09. The van der Waals surface area contributed by atoms with Crippen LogP contribution < -0.4 is 4.74 Å². The van der Waals surface area contributed by atoms with Crippen molar-refractivity contribution in [3.8, 4) is 11.4 Å². The van der Waals surface area contributed by atoms with E-state index in [0.717, 1.165) is 17.0 Å². The smallest absolute Gasteiger partial charge is 0.356 e. The molecule has 2 aromatic rings. The van der Waals surface area contributed by atoms with E-state index in [4.69, 9.17) is 9.84 Å². The van der Waals surface area contributed by atoms with Crippen molar-refractivity contribution in [2.45, 2.75) is 13.5 Å². The van der Waals surface area contributed by atoms with Crippen LogP contribution in [0, 0.1) is 6.92 Å². The number of hydrogen-bond acceptors (Lipinski definition) is 3. The minimum Gasteiger partial charge on any atom is -0.485 e. The number of benzene rings is 1. The molecule has 0 saturated carbocycles. The van der Waals surface area contributed by atoms with Gasteiger partial charge in [-0.3, -0.25) is 4.57 Å². The number of rotatable bonds is 1. The zero-order valence-corrected chi connectivity index (χ0v) is 9.17. The van der Waals surface area contributed by atoms with E-state index in [0.29, 0.717) is 5.69 Å². The van der Waals surface area contributed by atoms with Gasteiger partial charge in [0.05, 0.1) is 11.4 Å². The molecular weight excluding hydrogens is 220 g/mol.